The van der Waals surface area contributed by atoms with E-state index in [1.807, 2.05) is 7.05 Å². The number of sulfone groups is 1. The van der Waals surface area contributed by atoms with Gasteiger partial charge in [-0.15, -0.1) is 0 Å². The van der Waals surface area contributed by atoms with E-state index in [0.717, 1.165) is 13.1 Å². The normalized spacial score (nSPS) is 21.2. The van der Waals surface area contributed by atoms with E-state index in [9.17, 15) is 8.42 Å². The lowest BCUT2D eigenvalue weighted by atomic mass is 10.1. The summed E-state index contributed by atoms with van der Waals surface area (Å²) in [5, 5.41) is 8.06. The Morgan fingerprint density at radius 2 is 2.00 bits per heavy atom. The molecule has 5 heteroatoms. The first-order valence-electron chi connectivity index (χ1n) is 4.33. The molecule has 0 amide bonds. The van der Waals surface area contributed by atoms with Crippen LogP contribution in [-0.4, -0.2) is 44.5 Å². The van der Waals surface area contributed by atoms with E-state index >= 15 is 0 Å². The Labute approximate surface area is 79.1 Å². The summed E-state index contributed by atoms with van der Waals surface area (Å²) in [5.41, 5.74) is 0. The second-order valence-corrected chi connectivity index (χ2v) is 5.75. The van der Waals surface area contributed by atoms with Gasteiger partial charge < -0.3 is 4.90 Å². The van der Waals surface area contributed by atoms with Gasteiger partial charge in [0.25, 0.3) is 0 Å². The van der Waals surface area contributed by atoms with Crippen molar-refractivity contribution in [2.45, 2.75) is 18.1 Å². The average molecular weight is 202 g/mol. The molecule has 74 valence electrons. The molecule has 1 heterocycles. The molecule has 0 radical (unpaired) electrons. The first-order chi connectivity index (χ1) is 6.06. The number of hydrogen-bond donors (Lipinski definition) is 0. The number of nitriles is 1. The van der Waals surface area contributed by atoms with Crippen LogP contribution in [0, 0.1) is 11.3 Å². The maximum atomic E-state index is 11.5. The van der Waals surface area contributed by atoms with Crippen molar-refractivity contribution in [1.82, 2.24) is 4.90 Å². The van der Waals surface area contributed by atoms with Crippen molar-refractivity contribution < 1.29 is 8.42 Å². The molecule has 0 N–H and O–H groups in total. The molecule has 1 rings (SSSR count). The molecular formula is C8H14N2O2S. The molecule has 0 atom stereocenters. The van der Waals surface area contributed by atoms with Crippen LogP contribution in [0.3, 0.4) is 0 Å². The number of rotatable bonds is 2. The van der Waals surface area contributed by atoms with Crippen LogP contribution in [0.4, 0.5) is 0 Å². The first kappa shape index (κ1) is 10.5. The monoisotopic (exact) mass is 202 g/mol. The molecule has 1 aliphatic heterocycles. The van der Waals surface area contributed by atoms with Gasteiger partial charge in [-0.3, -0.25) is 0 Å². The zero-order valence-corrected chi connectivity index (χ0v) is 8.55. The summed E-state index contributed by atoms with van der Waals surface area (Å²) >= 11 is 0. The van der Waals surface area contributed by atoms with Gasteiger partial charge in [0, 0.05) is 0 Å². The number of likely N-dealkylation sites (tertiary alicyclic amines) is 1. The van der Waals surface area contributed by atoms with Crippen LogP contribution < -0.4 is 0 Å². The van der Waals surface area contributed by atoms with Crippen LogP contribution in [0.15, 0.2) is 0 Å². The Kier molecular flexibility index (Phi) is 3.28. The number of nitrogens with zero attached hydrogens (tertiary/aromatic N) is 2. The number of hydrogen-bond acceptors (Lipinski definition) is 4. The molecule has 1 aliphatic rings. The van der Waals surface area contributed by atoms with Crippen molar-refractivity contribution >= 4 is 9.84 Å². The van der Waals surface area contributed by atoms with Crippen molar-refractivity contribution in [3.63, 3.8) is 0 Å². The second-order valence-electron chi connectivity index (χ2n) is 3.47. The lowest BCUT2D eigenvalue weighted by molar-refractivity contribution is 0.278. The van der Waals surface area contributed by atoms with Gasteiger partial charge in [0.15, 0.2) is 9.84 Å². The second kappa shape index (κ2) is 4.07. The fraction of sp³-hybridized carbons (Fsp3) is 0.875. The summed E-state index contributed by atoms with van der Waals surface area (Å²) in [4.78, 5) is 2.11. The highest BCUT2D eigenvalue weighted by molar-refractivity contribution is 7.92. The molecule has 0 aromatic rings. The molecule has 0 saturated carbocycles. The van der Waals surface area contributed by atoms with Crippen LogP contribution in [0.2, 0.25) is 0 Å². The fourth-order valence-electron chi connectivity index (χ4n) is 1.55. The summed E-state index contributed by atoms with van der Waals surface area (Å²) in [6.45, 7) is 1.63. The van der Waals surface area contributed by atoms with Gasteiger partial charge in [0.05, 0.1) is 11.3 Å². The molecular weight excluding hydrogens is 188 g/mol. The Morgan fingerprint density at radius 3 is 2.46 bits per heavy atom. The quantitative estimate of drug-likeness (QED) is 0.633. The lowest BCUT2D eigenvalue weighted by Gasteiger charge is -2.27. The highest BCUT2D eigenvalue weighted by Gasteiger charge is 2.28. The van der Waals surface area contributed by atoms with Crippen molar-refractivity contribution in [2.24, 2.45) is 0 Å². The van der Waals surface area contributed by atoms with E-state index in [2.05, 4.69) is 4.90 Å². The third-order valence-corrected chi connectivity index (χ3v) is 4.46. The third-order valence-electron chi connectivity index (χ3n) is 2.44. The maximum Gasteiger partial charge on any atom is 0.166 e. The third kappa shape index (κ3) is 2.68. The largest absolute Gasteiger partial charge is 0.306 e. The Hall–Kier alpha value is -0.600. The van der Waals surface area contributed by atoms with Crippen LogP contribution >= 0.6 is 0 Å². The highest BCUT2D eigenvalue weighted by Crippen LogP contribution is 2.17. The van der Waals surface area contributed by atoms with E-state index in [1.165, 1.54) is 0 Å². The summed E-state index contributed by atoms with van der Waals surface area (Å²) in [6, 6.07) is 1.71. The minimum absolute atomic E-state index is 0.289. The first-order valence-corrected chi connectivity index (χ1v) is 6.05. The lowest BCUT2D eigenvalue weighted by Crippen LogP contribution is -2.37. The molecule has 4 nitrogen and oxygen atoms in total. The van der Waals surface area contributed by atoms with Crippen LogP contribution in [-0.2, 0) is 9.84 Å². The fourth-order valence-corrected chi connectivity index (χ4v) is 2.90. The molecule has 0 aliphatic carbocycles. The maximum absolute atomic E-state index is 11.5. The van der Waals surface area contributed by atoms with Crippen LogP contribution in [0.25, 0.3) is 0 Å². The molecule has 0 aromatic carbocycles. The molecule has 1 saturated heterocycles. The Balaban J connectivity index is 2.59. The zero-order valence-electron chi connectivity index (χ0n) is 7.73. The zero-order chi connectivity index (χ0) is 9.90. The summed E-state index contributed by atoms with van der Waals surface area (Å²) in [7, 11) is -1.17. The summed E-state index contributed by atoms with van der Waals surface area (Å²) in [5.74, 6) is -0.332. The minimum atomic E-state index is -3.14. The molecule has 0 aromatic heterocycles. The van der Waals surface area contributed by atoms with Crippen molar-refractivity contribution in [1.29, 1.82) is 5.26 Å². The van der Waals surface area contributed by atoms with Crippen molar-refractivity contribution in [3.05, 3.63) is 0 Å². The SMILES string of the molecule is CN1CCC(S(=O)(=O)CC#N)CC1. The van der Waals surface area contributed by atoms with Gasteiger partial charge in [-0.2, -0.15) is 5.26 Å². The van der Waals surface area contributed by atoms with Gasteiger partial charge in [0.2, 0.25) is 0 Å². The molecule has 0 unspecified atom stereocenters. The average Bonchev–Trinajstić information content (AvgIpc) is 2.05. The molecule has 13 heavy (non-hydrogen) atoms. The van der Waals surface area contributed by atoms with E-state index in [0.29, 0.717) is 12.8 Å². The van der Waals surface area contributed by atoms with E-state index in [4.69, 9.17) is 5.26 Å². The predicted octanol–water partition coefficient (Wildman–Crippen LogP) is 0.0190. The van der Waals surface area contributed by atoms with E-state index < -0.39 is 9.84 Å². The van der Waals surface area contributed by atoms with Crippen LogP contribution in [0.1, 0.15) is 12.8 Å². The van der Waals surface area contributed by atoms with Gasteiger partial charge in [-0.25, -0.2) is 8.42 Å². The van der Waals surface area contributed by atoms with E-state index in [-0.39, 0.29) is 11.0 Å². The summed E-state index contributed by atoms with van der Waals surface area (Å²) in [6.07, 6.45) is 1.33. The van der Waals surface area contributed by atoms with Crippen LogP contribution in [0.5, 0.6) is 0 Å². The number of piperidine rings is 1. The van der Waals surface area contributed by atoms with Crippen molar-refractivity contribution in [2.75, 3.05) is 25.9 Å². The van der Waals surface area contributed by atoms with Crippen molar-refractivity contribution in [3.8, 4) is 6.07 Å². The van der Waals surface area contributed by atoms with Gasteiger partial charge >= 0.3 is 0 Å². The molecule has 0 bridgehead atoms. The van der Waals surface area contributed by atoms with Gasteiger partial charge in [-0.1, -0.05) is 0 Å². The summed E-state index contributed by atoms with van der Waals surface area (Å²) < 4.78 is 22.9. The Morgan fingerprint density at radius 1 is 1.46 bits per heavy atom. The van der Waals surface area contributed by atoms with Gasteiger partial charge in [-0.05, 0) is 33.0 Å². The Bertz CT molecular complexity index is 297. The van der Waals surface area contributed by atoms with E-state index in [1.54, 1.807) is 6.07 Å². The van der Waals surface area contributed by atoms with Gasteiger partial charge in [0.1, 0.15) is 5.75 Å². The molecule has 1 fully saturated rings. The highest BCUT2D eigenvalue weighted by atomic mass is 32.2. The topological polar surface area (TPSA) is 61.2 Å². The smallest absolute Gasteiger partial charge is 0.166 e. The predicted molar refractivity (Wildman–Crippen MR) is 49.9 cm³/mol. The minimum Gasteiger partial charge on any atom is -0.306 e. The molecule has 0 spiro atoms. The standard InChI is InChI=1S/C8H14N2O2S/c1-10-5-2-8(3-6-10)13(11,12)7-4-9/h8H,2-3,5-7H2,1H3.